The lowest BCUT2D eigenvalue weighted by atomic mass is 10.2. The zero-order valence-corrected chi connectivity index (χ0v) is 13.9. The molecule has 6 heteroatoms. The van der Waals surface area contributed by atoms with Gasteiger partial charge < -0.3 is 0 Å². The Balaban J connectivity index is 1.95. The predicted octanol–water partition coefficient (Wildman–Crippen LogP) is 1.90. The molecule has 0 aliphatic carbocycles. The minimum atomic E-state index is -3.58. The highest BCUT2D eigenvalue weighted by Gasteiger charge is 2.28. The number of aromatic nitrogens is 3. The summed E-state index contributed by atoms with van der Waals surface area (Å²) in [5.41, 5.74) is 2.09. The Morgan fingerprint density at radius 1 is 1.04 bits per heavy atom. The van der Waals surface area contributed by atoms with E-state index >= 15 is 0 Å². The lowest BCUT2D eigenvalue weighted by molar-refractivity contribution is -0.747. The zero-order valence-electron chi connectivity index (χ0n) is 13.0. The van der Waals surface area contributed by atoms with Gasteiger partial charge in [-0.2, -0.15) is 0 Å². The number of sulfone groups is 1. The van der Waals surface area contributed by atoms with Crippen molar-refractivity contribution in [1.29, 1.82) is 0 Å². The van der Waals surface area contributed by atoms with Crippen LogP contribution >= 0.6 is 0 Å². The van der Waals surface area contributed by atoms with Crippen molar-refractivity contribution < 1.29 is 13.1 Å². The number of aryl methyl sites for hydroxylation is 2. The lowest BCUT2D eigenvalue weighted by Crippen LogP contribution is -2.36. The molecule has 0 radical (unpaired) electrons. The first kappa shape index (κ1) is 15.4. The van der Waals surface area contributed by atoms with Gasteiger partial charge in [-0.1, -0.05) is 48.0 Å². The van der Waals surface area contributed by atoms with Gasteiger partial charge in [0.1, 0.15) is 13.6 Å². The molecule has 23 heavy (non-hydrogen) atoms. The number of hydrogen-bond acceptors (Lipinski definition) is 3. The van der Waals surface area contributed by atoms with Crippen molar-refractivity contribution in [1.82, 2.24) is 9.90 Å². The Morgan fingerprint density at radius 2 is 1.70 bits per heavy atom. The molecule has 0 spiro atoms. The van der Waals surface area contributed by atoms with Gasteiger partial charge in [0.25, 0.3) is 5.03 Å². The van der Waals surface area contributed by atoms with Gasteiger partial charge >= 0.3 is 0 Å². The minimum Gasteiger partial charge on any atom is -0.215 e. The minimum absolute atomic E-state index is 0.178. The summed E-state index contributed by atoms with van der Waals surface area (Å²) in [5, 5.41) is 4.45. The Hall–Kier alpha value is -2.47. The van der Waals surface area contributed by atoms with Crippen LogP contribution in [0.5, 0.6) is 0 Å². The number of rotatable bonds is 4. The van der Waals surface area contributed by atoms with E-state index in [-0.39, 0.29) is 9.92 Å². The number of hydrogen-bond donors (Lipinski definition) is 0. The van der Waals surface area contributed by atoms with Crippen LogP contribution in [0.4, 0.5) is 0 Å². The summed E-state index contributed by atoms with van der Waals surface area (Å²) in [7, 11) is -1.94. The molecule has 0 bridgehead atoms. The third-order valence-electron chi connectivity index (χ3n) is 3.62. The highest BCUT2D eigenvalue weighted by molar-refractivity contribution is 7.91. The maximum absolute atomic E-state index is 12.8. The highest BCUT2D eigenvalue weighted by atomic mass is 32.2. The standard InChI is InChI=1S/C17H18N3O2S/c1-14-8-10-16(11-9-14)23(21,22)17-13-20(18-19(17)2)12-15-6-4-3-5-7-15/h3-11,13H,12H2,1-2H3/q+1. The van der Waals surface area contributed by atoms with Gasteiger partial charge in [0.05, 0.1) is 10.1 Å². The van der Waals surface area contributed by atoms with Crippen molar-refractivity contribution in [3.05, 3.63) is 71.9 Å². The molecule has 2 aromatic carbocycles. The molecule has 0 saturated carbocycles. The van der Waals surface area contributed by atoms with Crippen LogP contribution in [0, 0.1) is 6.92 Å². The highest BCUT2D eigenvalue weighted by Crippen LogP contribution is 2.19. The van der Waals surface area contributed by atoms with Crippen molar-refractivity contribution in [2.75, 3.05) is 0 Å². The monoisotopic (exact) mass is 328 g/mol. The van der Waals surface area contributed by atoms with E-state index in [0.717, 1.165) is 11.1 Å². The van der Waals surface area contributed by atoms with Gasteiger partial charge in [0.15, 0.2) is 6.20 Å². The lowest BCUT2D eigenvalue weighted by Gasteiger charge is -2.00. The molecule has 5 nitrogen and oxygen atoms in total. The summed E-state index contributed by atoms with van der Waals surface area (Å²) in [5.74, 6) is 0. The summed E-state index contributed by atoms with van der Waals surface area (Å²) in [4.78, 5) is 0.276. The van der Waals surface area contributed by atoms with Crippen molar-refractivity contribution in [3.8, 4) is 0 Å². The Morgan fingerprint density at radius 3 is 2.35 bits per heavy atom. The average molecular weight is 328 g/mol. The molecule has 118 valence electrons. The average Bonchev–Trinajstić information content (AvgIpc) is 2.90. The first-order valence-electron chi connectivity index (χ1n) is 7.26. The molecule has 0 aliphatic rings. The van der Waals surface area contributed by atoms with Crippen molar-refractivity contribution in [3.63, 3.8) is 0 Å². The van der Waals surface area contributed by atoms with Crippen LogP contribution in [-0.2, 0) is 23.4 Å². The van der Waals surface area contributed by atoms with E-state index < -0.39 is 9.84 Å². The second-order valence-corrected chi connectivity index (χ2v) is 7.38. The fourth-order valence-corrected chi connectivity index (χ4v) is 3.76. The summed E-state index contributed by atoms with van der Waals surface area (Å²) in [6, 6.07) is 16.6. The SMILES string of the molecule is Cc1ccc(S(=O)(=O)c2c[n+](Cc3ccccc3)nn2C)cc1. The third-order valence-corrected chi connectivity index (χ3v) is 5.43. The molecule has 0 N–H and O–H groups in total. The molecule has 0 fully saturated rings. The van der Waals surface area contributed by atoms with Crippen LogP contribution in [0.3, 0.4) is 0 Å². The van der Waals surface area contributed by atoms with Crippen LogP contribution in [-0.4, -0.2) is 18.3 Å². The maximum Gasteiger partial charge on any atom is 0.285 e. The molecule has 3 rings (SSSR count). The van der Waals surface area contributed by atoms with E-state index in [0.29, 0.717) is 6.54 Å². The van der Waals surface area contributed by atoms with Crippen LogP contribution in [0.2, 0.25) is 0 Å². The third kappa shape index (κ3) is 3.17. The molecule has 0 saturated heterocycles. The van der Waals surface area contributed by atoms with Gasteiger partial charge in [0, 0.05) is 0 Å². The Labute approximate surface area is 135 Å². The Bertz CT molecular complexity index is 914. The van der Waals surface area contributed by atoms with Crippen LogP contribution in [0.25, 0.3) is 0 Å². The zero-order chi connectivity index (χ0) is 16.4. The first-order chi connectivity index (χ1) is 11.0. The second-order valence-electron chi connectivity index (χ2n) is 5.48. The molecule has 0 amide bonds. The number of nitrogens with zero attached hydrogens (tertiary/aromatic N) is 3. The van der Waals surface area contributed by atoms with Crippen LogP contribution < -0.4 is 4.68 Å². The molecule has 1 aromatic heterocycles. The number of benzene rings is 2. The largest absolute Gasteiger partial charge is 0.285 e. The van der Waals surface area contributed by atoms with E-state index in [1.807, 2.05) is 37.3 Å². The molecular formula is C17H18N3O2S+. The fraction of sp³-hybridized carbons (Fsp3) is 0.176. The van der Waals surface area contributed by atoms with Gasteiger partial charge in [-0.05, 0) is 24.6 Å². The topological polar surface area (TPSA) is 55.8 Å². The van der Waals surface area contributed by atoms with Gasteiger partial charge in [0.2, 0.25) is 9.84 Å². The van der Waals surface area contributed by atoms with E-state index in [2.05, 4.69) is 5.21 Å². The molecule has 0 atom stereocenters. The summed E-state index contributed by atoms with van der Waals surface area (Å²) >= 11 is 0. The molecule has 0 aliphatic heterocycles. The molecule has 1 heterocycles. The van der Waals surface area contributed by atoms with E-state index in [4.69, 9.17) is 0 Å². The van der Waals surface area contributed by atoms with Crippen molar-refractivity contribution in [2.45, 2.75) is 23.4 Å². The van der Waals surface area contributed by atoms with Crippen molar-refractivity contribution in [2.24, 2.45) is 7.05 Å². The molecular weight excluding hydrogens is 310 g/mol. The smallest absolute Gasteiger partial charge is 0.215 e. The van der Waals surface area contributed by atoms with Gasteiger partial charge in [-0.15, -0.1) is 9.36 Å². The molecule has 3 aromatic rings. The second kappa shape index (κ2) is 5.96. The van der Waals surface area contributed by atoms with E-state index in [1.165, 1.54) is 4.68 Å². The Kier molecular flexibility index (Phi) is 4.00. The quantitative estimate of drug-likeness (QED) is 0.687. The summed E-state index contributed by atoms with van der Waals surface area (Å²) in [6.07, 6.45) is 1.57. The first-order valence-corrected chi connectivity index (χ1v) is 8.74. The molecule has 0 unspecified atom stereocenters. The van der Waals surface area contributed by atoms with Gasteiger partial charge in [-0.3, -0.25) is 0 Å². The maximum atomic E-state index is 12.8. The summed E-state index contributed by atoms with van der Waals surface area (Å²) < 4.78 is 28.6. The van der Waals surface area contributed by atoms with Crippen LogP contribution in [0.1, 0.15) is 11.1 Å². The van der Waals surface area contributed by atoms with E-state index in [9.17, 15) is 8.42 Å². The fourth-order valence-electron chi connectivity index (χ4n) is 2.38. The normalized spacial score (nSPS) is 11.6. The predicted molar refractivity (Wildman–Crippen MR) is 85.6 cm³/mol. The summed E-state index contributed by atoms with van der Waals surface area (Å²) in [6.45, 7) is 2.45. The van der Waals surface area contributed by atoms with Gasteiger partial charge in [-0.25, -0.2) is 8.42 Å². The van der Waals surface area contributed by atoms with Crippen molar-refractivity contribution >= 4 is 9.84 Å². The van der Waals surface area contributed by atoms with E-state index in [1.54, 1.807) is 42.2 Å². The van der Waals surface area contributed by atoms with Crippen LogP contribution in [0.15, 0.2) is 70.7 Å².